The van der Waals surface area contributed by atoms with Crippen LogP contribution in [0.4, 0.5) is 10.1 Å². The molecule has 0 fully saturated rings. The highest BCUT2D eigenvalue weighted by Gasteiger charge is 2.06. The molecular weight excluding hydrogens is 249 g/mol. The molecule has 3 heteroatoms. The molecule has 0 radical (unpaired) electrons. The van der Waals surface area contributed by atoms with Gasteiger partial charge in [-0.05, 0) is 60.7 Å². The summed E-state index contributed by atoms with van der Waals surface area (Å²) >= 11 is 5.78. The van der Waals surface area contributed by atoms with Crippen LogP contribution in [0.25, 0.3) is 0 Å². The van der Waals surface area contributed by atoms with Gasteiger partial charge in [0.1, 0.15) is 5.82 Å². The van der Waals surface area contributed by atoms with Crippen molar-refractivity contribution in [2.75, 3.05) is 5.73 Å². The van der Waals surface area contributed by atoms with Crippen LogP contribution in [0.2, 0.25) is 5.02 Å². The lowest BCUT2D eigenvalue weighted by molar-refractivity contribution is 0.627. The van der Waals surface area contributed by atoms with E-state index >= 15 is 0 Å². The second kappa shape index (κ2) is 4.99. The summed E-state index contributed by atoms with van der Waals surface area (Å²) in [6.45, 7) is 4.01. The Morgan fingerprint density at radius 2 is 1.83 bits per heavy atom. The molecule has 0 saturated heterocycles. The maximum Gasteiger partial charge on any atom is 0.141 e. The Morgan fingerprint density at radius 3 is 2.50 bits per heavy atom. The minimum absolute atomic E-state index is 0.164. The van der Waals surface area contributed by atoms with Crippen molar-refractivity contribution in [3.05, 3.63) is 63.4 Å². The molecule has 0 heterocycles. The van der Waals surface area contributed by atoms with Crippen molar-refractivity contribution >= 4 is 17.3 Å². The van der Waals surface area contributed by atoms with Gasteiger partial charge in [-0.1, -0.05) is 23.7 Å². The van der Waals surface area contributed by atoms with E-state index in [1.54, 1.807) is 12.1 Å². The summed E-state index contributed by atoms with van der Waals surface area (Å²) in [6.07, 6.45) is 0.729. The average Bonchev–Trinajstić information content (AvgIpc) is 2.31. The number of rotatable bonds is 2. The molecule has 0 spiro atoms. The van der Waals surface area contributed by atoms with Gasteiger partial charge in [-0.2, -0.15) is 0 Å². The smallest absolute Gasteiger partial charge is 0.141 e. The van der Waals surface area contributed by atoms with Crippen LogP contribution in [-0.2, 0) is 6.42 Å². The number of hydrogen-bond acceptors (Lipinski definition) is 1. The number of aryl methyl sites for hydroxylation is 2. The van der Waals surface area contributed by atoms with Crippen molar-refractivity contribution in [1.29, 1.82) is 0 Å². The van der Waals surface area contributed by atoms with Gasteiger partial charge in [-0.3, -0.25) is 0 Å². The second-order valence-electron chi connectivity index (χ2n) is 4.56. The molecule has 0 atom stereocenters. The van der Waals surface area contributed by atoms with Crippen LogP contribution in [0, 0.1) is 19.7 Å². The van der Waals surface area contributed by atoms with Crippen LogP contribution in [0.3, 0.4) is 0 Å². The summed E-state index contributed by atoms with van der Waals surface area (Å²) < 4.78 is 13.1. The molecule has 0 aliphatic rings. The fourth-order valence-electron chi connectivity index (χ4n) is 1.96. The molecule has 1 nitrogen and oxygen atoms in total. The highest BCUT2D eigenvalue weighted by atomic mass is 35.5. The van der Waals surface area contributed by atoms with Crippen LogP contribution in [0.5, 0.6) is 0 Å². The maximum absolute atomic E-state index is 13.1. The van der Waals surface area contributed by atoms with Crippen molar-refractivity contribution in [1.82, 2.24) is 0 Å². The largest absolute Gasteiger partial charge is 0.399 e. The monoisotopic (exact) mass is 263 g/mol. The maximum atomic E-state index is 13.1. The molecule has 0 unspecified atom stereocenters. The Morgan fingerprint density at radius 1 is 1.11 bits per heavy atom. The molecule has 0 amide bonds. The summed E-state index contributed by atoms with van der Waals surface area (Å²) in [5.74, 6) is -0.384. The molecule has 94 valence electrons. The molecule has 0 aliphatic carbocycles. The van der Waals surface area contributed by atoms with Gasteiger partial charge < -0.3 is 5.73 Å². The highest BCUT2D eigenvalue weighted by Crippen LogP contribution is 2.23. The molecule has 0 saturated carbocycles. The number of hydrogen-bond donors (Lipinski definition) is 1. The van der Waals surface area contributed by atoms with Gasteiger partial charge in [0.25, 0.3) is 0 Å². The molecular formula is C15H15ClFN. The van der Waals surface area contributed by atoms with Crippen molar-refractivity contribution in [3.63, 3.8) is 0 Å². The summed E-state index contributed by atoms with van der Waals surface area (Å²) in [4.78, 5) is 0. The normalized spacial score (nSPS) is 10.7. The molecule has 18 heavy (non-hydrogen) atoms. The SMILES string of the molecule is Cc1cc(Cc2ccc(F)c(Cl)c2)c(C)cc1N. The first-order valence-corrected chi connectivity index (χ1v) is 6.14. The lowest BCUT2D eigenvalue weighted by Crippen LogP contribution is -1.97. The van der Waals surface area contributed by atoms with Crippen molar-refractivity contribution in [2.24, 2.45) is 0 Å². The zero-order valence-electron chi connectivity index (χ0n) is 10.4. The van der Waals surface area contributed by atoms with Crippen molar-refractivity contribution < 1.29 is 4.39 Å². The first-order chi connectivity index (χ1) is 8.47. The predicted molar refractivity (Wildman–Crippen MR) is 74.5 cm³/mol. The summed E-state index contributed by atoms with van der Waals surface area (Å²) in [5, 5.41) is 0.164. The third-order valence-electron chi connectivity index (χ3n) is 3.10. The Bertz CT molecular complexity index is 593. The summed E-state index contributed by atoms with van der Waals surface area (Å²) in [7, 11) is 0. The Labute approximate surface area is 111 Å². The third kappa shape index (κ3) is 2.65. The highest BCUT2D eigenvalue weighted by molar-refractivity contribution is 6.30. The zero-order chi connectivity index (χ0) is 13.3. The Balaban J connectivity index is 2.34. The second-order valence-corrected chi connectivity index (χ2v) is 4.97. The topological polar surface area (TPSA) is 26.0 Å². The van der Waals surface area contributed by atoms with E-state index in [9.17, 15) is 4.39 Å². The molecule has 2 N–H and O–H groups in total. The predicted octanol–water partition coefficient (Wildman–Crippen LogP) is 4.27. The summed E-state index contributed by atoms with van der Waals surface area (Å²) in [5.41, 5.74) is 11.0. The van der Waals surface area contributed by atoms with Crippen LogP contribution in [0.1, 0.15) is 22.3 Å². The quantitative estimate of drug-likeness (QED) is 0.805. The van der Waals surface area contributed by atoms with Crippen LogP contribution < -0.4 is 5.73 Å². The van der Waals surface area contributed by atoms with E-state index in [2.05, 4.69) is 6.07 Å². The van der Waals surface area contributed by atoms with Crippen molar-refractivity contribution in [3.8, 4) is 0 Å². The number of halogens is 2. The zero-order valence-corrected chi connectivity index (χ0v) is 11.2. The standard InChI is InChI=1S/C15H15ClFN/c1-9-6-15(18)10(2)5-12(9)7-11-3-4-14(17)13(16)8-11/h3-6,8H,7,18H2,1-2H3. The first kappa shape index (κ1) is 12.9. The fraction of sp³-hybridized carbons (Fsp3) is 0.200. The van der Waals surface area contributed by atoms with Gasteiger partial charge in [0.15, 0.2) is 0 Å². The minimum Gasteiger partial charge on any atom is -0.399 e. The van der Waals surface area contributed by atoms with E-state index in [1.807, 2.05) is 19.9 Å². The molecule has 0 bridgehead atoms. The van der Waals surface area contributed by atoms with Gasteiger partial charge in [0, 0.05) is 5.69 Å². The molecule has 0 aromatic heterocycles. The van der Waals surface area contributed by atoms with Crippen LogP contribution >= 0.6 is 11.6 Å². The van der Waals surface area contributed by atoms with E-state index < -0.39 is 0 Å². The number of nitrogen functional groups attached to an aromatic ring is 1. The van der Waals surface area contributed by atoms with Gasteiger partial charge in [0.05, 0.1) is 5.02 Å². The Hall–Kier alpha value is -1.54. The minimum atomic E-state index is -0.384. The van der Waals surface area contributed by atoms with Gasteiger partial charge in [0.2, 0.25) is 0 Å². The lowest BCUT2D eigenvalue weighted by atomic mass is 9.97. The average molecular weight is 264 g/mol. The number of benzene rings is 2. The van der Waals surface area contributed by atoms with E-state index in [0.717, 1.165) is 28.8 Å². The van der Waals surface area contributed by atoms with Crippen LogP contribution in [-0.4, -0.2) is 0 Å². The molecule has 2 rings (SSSR count). The number of anilines is 1. The molecule has 0 aliphatic heterocycles. The first-order valence-electron chi connectivity index (χ1n) is 5.77. The van der Waals surface area contributed by atoms with Gasteiger partial charge in [-0.15, -0.1) is 0 Å². The fourth-order valence-corrected chi connectivity index (χ4v) is 2.16. The van der Waals surface area contributed by atoms with E-state index in [0.29, 0.717) is 0 Å². The van der Waals surface area contributed by atoms with Crippen LogP contribution in [0.15, 0.2) is 30.3 Å². The van der Waals surface area contributed by atoms with E-state index in [4.69, 9.17) is 17.3 Å². The van der Waals surface area contributed by atoms with E-state index in [-0.39, 0.29) is 10.8 Å². The lowest BCUT2D eigenvalue weighted by Gasteiger charge is -2.10. The summed E-state index contributed by atoms with van der Waals surface area (Å²) in [6, 6.07) is 8.86. The van der Waals surface area contributed by atoms with E-state index in [1.165, 1.54) is 11.6 Å². The Kier molecular flexibility index (Phi) is 3.58. The molecule has 2 aromatic rings. The number of nitrogens with two attached hydrogens (primary N) is 1. The third-order valence-corrected chi connectivity index (χ3v) is 3.39. The van der Waals surface area contributed by atoms with Gasteiger partial charge >= 0.3 is 0 Å². The van der Waals surface area contributed by atoms with Crippen molar-refractivity contribution in [2.45, 2.75) is 20.3 Å². The molecule has 2 aromatic carbocycles. The van der Waals surface area contributed by atoms with Gasteiger partial charge in [-0.25, -0.2) is 4.39 Å².